The van der Waals surface area contributed by atoms with Gasteiger partial charge in [-0.05, 0) is 81.3 Å². The van der Waals surface area contributed by atoms with E-state index in [1.807, 2.05) is 51.1 Å². The van der Waals surface area contributed by atoms with E-state index in [-0.39, 0.29) is 11.9 Å². The van der Waals surface area contributed by atoms with Gasteiger partial charge in [0.1, 0.15) is 18.1 Å². The number of amides is 1. The number of benzene rings is 2. The lowest BCUT2D eigenvalue weighted by Crippen LogP contribution is -2.44. The van der Waals surface area contributed by atoms with Gasteiger partial charge in [0.25, 0.3) is 5.91 Å². The fourth-order valence-corrected chi connectivity index (χ4v) is 3.50. The molecule has 0 unspecified atom stereocenters. The first-order valence-corrected chi connectivity index (χ1v) is 10.3. The average molecular weight is 382 g/mol. The van der Waals surface area contributed by atoms with E-state index in [4.69, 9.17) is 9.47 Å². The molecule has 4 nitrogen and oxygen atoms in total. The monoisotopic (exact) mass is 381 g/mol. The first kappa shape index (κ1) is 20.2. The lowest BCUT2D eigenvalue weighted by atomic mass is 9.92. The number of carbonyl (C=O) groups excluding carboxylic acids is 1. The number of hydrogen-bond donors (Lipinski definition) is 1. The molecular formula is C24H31NO3. The van der Waals surface area contributed by atoms with E-state index in [0.717, 1.165) is 24.3 Å². The molecule has 0 fully saturated rings. The first-order valence-electron chi connectivity index (χ1n) is 10.3. The lowest BCUT2D eigenvalue weighted by molar-refractivity contribution is -0.128. The molecule has 1 aliphatic rings. The normalized spacial score (nSPS) is 15.2. The summed E-state index contributed by atoms with van der Waals surface area (Å²) in [4.78, 5) is 12.6. The highest BCUT2D eigenvalue weighted by molar-refractivity contribution is 5.81. The highest BCUT2D eigenvalue weighted by Crippen LogP contribution is 2.26. The van der Waals surface area contributed by atoms with Gasteiger partial charge < -0.3 is 14.8 Å². The van der Waals surface area contributed by atoms with Crippen LogP contribution in [-0.2, 0) is 17.6 Å². The zero-order valence-electron chi connectivity index (χ0n) is 17.2. The van der Waals surface area contributed by atoms with Crippen LogP contribution in [0.15, 0.2) is 42.5 Å². The van der Waals surface area contributed by atoms with Gasteiger partial charge >= 0.3 is 0 Å². The SMILES string of the molecule is CC[C@@H](Oc1ccc2c(c1)CCCC2)C(=O)N[C@H](C)COc1ccc(C)cc1. The highest BCUT2D eigenvalue weighted by atomic mass is 16.5. The Balaban J connectivity index is 1.52. The van der Waals surface area contributed by atoms with Gasteiger partial charge in [-0.1, -0.05) is 30.7 Å². The summed E-state index contributed by atoms with van der Waals surface area (Å²) in [5.41, 5.74) is 3.97. The van der Waals surface area contributed by atoms with Crippen molar-refractivity contribution in [1.82, 2.24) is 5.32 Å². The van der Waals surface area contributed by atoms with E-state index in [9.17, 15) is 4.79 Å². The molecule has 4 heteroatoms. The second-order valence-corrected chi connectivity index (χ2v) is 7.69. The van der Waals surface area contributed by atoms with Crippen LogP contribution >= 0.6 is 0 Å². The fraction of sp³-hybridized carbons (Fsp3) is 0.458. The molecule has 0 saturated carbocycles. The quantitative estimate of drug-likeness (QED) is 0.726. The predicted molar refractivity (Wildman–Crippen MR) is 112 cm³/mol. The molecule has 28 heavy (non-hydrogen) atoms. The maximum absolute atomic E-state index is 12.6. The Morgan fingerprint density at radius 3 is 2.43 bits per heavy atom. The van der Waals surface area contributed by atoms with E-state index >= 15 is 0 Å². The van der Waals surface area contributed by atoms with E-state index in [1.54, 1.807) is 0 Å². The summed E-state index contributed by atoms with van der Waals surface area (Å²) < 4.78 is 11.8. The highest BCUT2D eigenvalue weighted by Gasteiger charge is 2.21. The maximum Gasteiger partial charge on any atom is 0.261 e. The Hall–Kier alpha value is -2.49. The van der Waals surface area contributed by atoms with Crippen molar-refractivity contribution in [2.75, 3.05) is 6.61 Å². The lowest BCUT2D eigenvalue weighted by Gasteiger charge is -2.22. The molecule has 2 atom stereocenters. The van der Waals surface area contributed by atoms with Crippen molar-refractivity contribution in [2.24, 2.45) is 0 Å². The Morgan fingerprint density at radius 1 is 1.04 bits per heavy atom. The summed E-state index contributed by atoms with van der Waals surface area (Å²) in [5, 5.41) is 3.01. The maximum atomic E-state index is 12.6. The topological polar surface area (TPSA) is 47.6 Å². The largest absolute Gasteiger partial charge is 0.491 e. The van der Waals surface area contributed by atoms with Crippen LogP contribution in [0.1, 0.15) is 49.8 Å². The summed E-state index contributed by atoms with van der Waals surface area (Å²) in [5.74, 6) is 1.50. The Labute approximate surface area is 168 Å². The van der Waals surface area contributed by atoms with Crippen molar-refractivity contribution < 1.29 is 14.3 Å². The van der Waals surface area contributed by atoms with Gasteiger partial charge in [0, 0.05) is 0 Å². The van der Waals surface area contributed by atoms with E-state index in [1.165, 1.54) is 29.5 Å². The predicted octanol–water partition coefficient (Wildman–Crippen LogP) is 4.61. The standard InChI is InChI=1S/C24H31NO3/c1-4-23(28-22-14-11-19-7-5-6-8-20(19)15-22)24(26)25-18(3)16-27-21-12-9-17(2)10-13-21/h9-15,18,23H,4-8,16H2,1-3H3,(H,25,26)/t18-,23-/m1/s1. The van der Waals surface area contributed by atoms with Crippen molar-refractivity contribution in [3.63, 3.8) is 0 Å². The molecule has 1 amide bonds. The van der Waals surface area contributed by atoms with Crippen LogP contribution < -0.4 is 14.8 Å². The number of aryl methyl sites for hydroxylation is 3. The minimum absolute atomic E-state index is 0.0970. The van der Waals surface area contributed by atoms with Crippen LogP contribution in [0.25, 0.3) is 0 Å². The summed E-state index contributed by atoms with van der Waals surface area (Å²) in [6.45, 7) is 6.37. The second kappa shape index (κ2) is 9.63. The molecule has 0 bridgehead atoms. The van der Waals surface area contributed by atoms with Gasteiger partial charge in [-0.3, -0.25) is 4.79 Å². The minimum atomic E-state index is -0.497. The molecule has 1 N–H and O–H groups in total. The van der Waals surface area contributed by atoms with Crippen LogP contribution in [0, 0.1) is 6.92 Å². The molecule has 0 radical (unpaired) electrons. The summed E-state index contributed by atoms with van der Waals surface area (Å²) in [6.07, 6.45) is 4.86. The van der Waals surface area contributed by atoms with Gasteiger partial charge in [0.15, 0.2) is 6.10 Å². The molecule has 3 rings (SSSR count). The molecule has 2 aromatic carbocycles. The molecule has 2 aromatic rings. The summed E-state index contributed by atoms with van der Waals surface area (Å²) in [6, 6.07) is 14.0. The molecule has 0 saturated heterocycles. The summed E-state index contributed by atoms with van der Waals surface area (Å²) in [7, 11) is 0. The van der Waals surface area contributed by atoms with Crippen molar-refractivity contribution in [3.8, 4) is 11.5 Å². The third-order valence-electron chi connectivity index (χ3n) is 5.17. The van der Waals surface area contributed by atoms with Gasteiger partial charge in [-0.2, -0.15) is 0 Å². The van der Waals surface area contributed by atoms with Gasteiger partial charge in [-0.25, -0.2) is 0 Å². The molecule has 0 aliphatic heterocycles. The Bertz CT molecular complexity index is 785. The van der Waals surface area contributed by atoms with Crippen LogP contribution in [0.3, 0.4) is 0 Å². The van der Waals surface area contributed by atoms with Gasteiger partial charge in [0.05, 0.1) is 6.04 Å². The van der Waals surface area contributed by atoms with Crippen molar-refractivity contribution in [2.45, 2.75) is 65.0 Å². The number of rotatable bonds is 8. The smallest absolute Gasteiger partial charge is 0.261 e. The number of ether oxygens (including phenoxy) is 2. The number of carbonyl (C=O) groups is 1. The first-order chi connectivity index (χ1) is 13.5. The molecule has 1 aliphatic carbocycles. The summed E-state index contributed by atoms with van der Waals surface area (Å²) >= 11 is 0. The molecule has 150 valence electrons. The number of nitrogens with one attached hydrogen (secondary N) is 1. The van der Waals surface area contributed by atoms with Crippen LogP contribution in [-0.4, -0.2) is 24.7 Å². The van der Waals surface area contributed by atoms with E-state index in [2.05, 4.69) is 17.4 Å². The van der Waals surface area contributed by atoms with Crippen LogP contribution in [0.4, 0.5) is 0 Å². The Kier molecular flexibility index (Phi) is 6.96. The minimum Gasteiger partial charge on any atom is -0.491 e. The van der Waals surface area contributed by atoms with Crippen molar-refractivity contribution in [3.05, 3.63) is 59.2 Å². The zero-order chi connectivity index (χ0) is 19.9. The van der Waals surface area contributed by atoms with Crippen molar-refractivity contribution in [1.29, 1.82) is 0 Å². The van der Waals surface area contributed by atoms with Gasteiger partial charge in [0.2, 0.25) is 0 Å². The fourth-order valence-electron chi connectivity index (χ4n) is 3.50. The molecule has 0 heterocycles. The molecule has 0 spiro atoms. The molecule has 0 aromatic heterocycles. The third kappa shape index (κ3) is 5.51. The van der Waals surface area contributed by atoms with Gasteiger partial charge in [-0.15, -0.1) is 0 Å². The van der Waals surface area contributed by atoms with E-state index in [0.29, 0.717) is 13.0 Å². The van der Waals surface area contributed by atoms with Crippen molar-refractivity contribution >= 4 is 5.91 Å². The second-order valence-electron chi connectivity index (χ2n) is 7.69. The number of fused-ring (bicyclic) bond motifs is 1. The van der Waals surface area contributed by atoms with Crippen LogP contribution in [0.5, 0.6) is 11.5 Å². The number of hydrogen-bond acceptors (Lipinski definition) is 3. The zero-order valence-corrected chi connectivity index (χ0v) is 17.2. The Morgan fingerprint density at radius 2 is 1.71 bits per heavy atom. The average Bonchev–Trinajstić information content (AvgIpc) is 2.71. The van der Waals surface area contributed by atoms with E-state index < -0.39 is 6.10 Å². The molecular weight excluding hydrogens is 350 g/mol. The van der Waals surface area contributed by atoms with Crippen LogP contribution in [0.2, 0.25) is 0 Å². The third-order valence-corrected chi connectivity index (χ3v) is 5.17.